The third-order valence-electron chi connectivity index (χ3n) is 4.46. The zero-order valence-electron chi connectivity index (χ0n) is 13.2. The van der Waals surface area contributed by atoms with E-state index < -0.39 is 6.36 Å². The Kier molecular flexibility index (Phi) is 3.81. The first-order chi connectivity index (χ1) is 11.8. The third kappa shape index (κ3) is 3.02. The zero-order valence-corrected chi connectivity index (χ0v) is 14.8. The van der Waals surface area contributed by atoms with E-state index in [0.29, 0.717) is 0 Å². The number of halogens is 4. The molecule has 1 aliphatic carbocycles. The molecule has 0 fully saturated rings. The van der Waals surface area contributed by atoms with E-state index in [1.807, 2.05) is 18.1 Å². The summed E-state index contributed by atoms with van der Waals surface area (Å²) in [4.78, 5) is 0. The lowest BCUT2D eigenvalue weighted by Gasteiger charge is -2.21. The summed E-state index contributed by atoms with van der Waals surface area (Å²) in [6, 6.07) is 12.2. The van der Waals surface area contributed by atoms with Gasteiger partial charge in [0.05, 0.1) is 11.7 Å². The summed E-state index contributed by atoms with van der Waals surface area (Å²) in [5.41, 5.74) is 9.08. The van der Waals surface area contributed by atoms with Gasteiger partial charge in [-0.25, -0.2) is 5.43 Å². The molecular formula is C18H14BrF3N2O. The Morgan fingerprint density at radius 1 is 1.16 bits per heavy atom. The molecule has 1 atom stereocenters. The Bertz CT molecular complexity index is 862. The number of hydrogen-bond donors (Lipinski definition) is 1. The van der Waals surface area contributed by atoms with Crippen molar-refractivity contribution in [3.8, 4) is 5.75 Å². The summed E-state index contributed by atoms with van der Waals surface area (Å²) in [7, 11) is 1.95. The molecule has 0 saturated carbocycles. The Hall–Kier alpha value is -1.99. The standard InChI is InChI=1S/C18H14BrF3N2O/c1-24-17-14-7-4-12(19)8-11(14)9-15(17)16(23-24)10-2-5-13(6-3-10)25-18(20,21)22/h2-8,16,23H,9H2,1H3. The largest absolute Gasteiger partial charge is 0.573 e. The molecule has 0 spiro atoms. The maximum absolute atomic E-state index is 12.3. The monoisotopic (exact) mass is 410 g/mol. The highest BCUT2D eigenvalue weighted by Gasteiger charge is 2.36. The van der Waals surface area contributed by atoms with E-state index in [2.05, 4.69) is 38.2 Å². The number of hydrazine groups is 1. The van der Waals surface area contributed by atoms with Crippen LogP contribution < -0.4 is 10.2 Å². The van der Waals surface area contributed by atoms with Crippen molar-refractivity contribution in [1.29, 1.82) is 0 Å². The van der Waals surface area contributed by atoms with Crippen LogP contribution in [0.15, 0.2) is 52.5 Å². The van der Waals surface area contributed by atoms with Crippen LogP contribution in [0.5, 0.6) is 5.75 Å². The van der Waals surface area contributed by atoms with Crippen molar-refractivity contribution in [2.24, 2.45) is 0 Å². The molecule has 4 rings (SSSR count). The van der Waals surface area contributed by atoms with Crippen LogP contribution in [0.25, 0.3) is 5.70 Å². The fourth-order valence-corrected chi connectivity index (χ4v) is 3.92. The Labute approximate surface area is 151 Å². The predicted molar refractivity (Wildman–Crippen MR) is 91.5 cm³/mol. The van der Waals surface area contributed by atoms with Crippen molar-refractivity contribution in [3.05, 3.63) is 69.2 Å². The lowest BCUT2D eigenvalue weighted by Crippen LogP contribution is -2.30. The van der Waals surface area contributed by atoms with Crippen molar-refractivity contribution >= 4 is 21.6 Å². The molecule has 1 N–H and O–H groups in total. The van der Waals surface area contributed by atoms with Crippen molar-refractivity contribution in [3.63, 3.8) is 0 Å². The number of hydrogen-bond acceptors (Lipinski definition) is 3. The third-order valence-corrected chi connectivity index (χ3v) is 4.95. The van der Waals surface area contributed by atoms with Gasteiger partial charge in [-0.3, -0.25) is 0 Å². The van der Waals surface area contributed by atoms with Gasteiger partial charge in [-0.15, -0.1) is 13.2 Å². The van der Waals surface area contributed by atoms with Crippen molar-refractivity contribution in [1.82, 2.24) is 10.4 Å². The summed E-state index contributed by atoms with van der Waals surface area (Å²) < 4.78 is 41.9. The molecule has 25 heavy (non-hydrogen) atoms. The van der Waals surface area contributed by atoms with Crippen LogP contribution in [-0.2, 0) is 6.42 Å². The Balaban J connectivity index is 1.63. The van der Waals surface area contributed by atoms with Crippen molar-refractivity contribution in [2.75, 3.05) is 7.05 Å². The highest BCUT2D eigenvalue weighted by molar-refractivity contribution is 9.10. The summed E-state index contributed by atoms with van der Waals surface area (Å²) in [6.45, 7) is 0. The van der Waals surface area contributed by atoms with E-state index in [4.69, 9.17) is 0 Å². The topological polar surface area (TPSA) is 24.5 Å². The molecular weight excluding hydrogens is 397 g/mol. The minimum atomic E-state index is -4.68. The molecule has 0 saturated heterocycles. The molecule has 3 nitrogen and oxygen atoms in total. The lowest BCUT2D eigenvalue weighted by atomic mass is 9.98. The number of benzene rings is 2. The van der Waals surface area contributed by atoms with E-state index in [-0.39, 0.29) is 11.8 Å². The first-order valence-corrected chi connectivity index (χ1v) is 8.48. The number of nitrogens with one attached hydrogen (secondary N) is 1. The summed E-state index contributed by atoms with van der Waals surface area (Å²) in [5, 5.41) is 1.99. The van der Waals surface area contributed by atoms with Gasteiger partial charge in [0.25, 0.3) is 0 Å². The number of rotatable bonds is 2. The Morgan fingerprint density at radius 2 is 1.88 bits per heavy atom. The van der Waals surface area contributed by atoms with Gasteiger partial charge in [-0.2, -0.15) is 0 Å². The van der Waals surface area contributed by atoms with E-state index in [9.17, 15) is 13.2 Å². The quantitative estimate of drug-likeness (QED) is 0.768. The fourth-order valence-electron chi connectivity index (χ4n) is 3.51. The van der Waals surface area contributed by atoms with Crippen LogP contribution in [-0.4, -0.2) is 18.4 Å². The first kappa shape index (κ1) is 16.5. The van der Waals surface area contributed by atoms with Crippen LogP contribution >= 0.6 is 15.9 Å². The second-order valence-corrected chi connectivity index (χ2v) is 7.01. The fraction of sp³-hybridized carbons (Fsp3) is 0.222. The number of alkyl halides is 3. The van der Waals surface area contributed by atoms with Gasteiger partial charge in [-0.05, 0) is 47.4 Å². The van der Waals surface area contributed by atoms with E-state index in [1.54, 1.807) is 12.1 Å². The van der Waals surface area contributed by atoms with Gasteiger partial charge in [0.15, 0.2) is 0 Å². The normalized spacial score (nSPS) is 19.2. The van der Waals surface area contributed by atoms with Crippen LogP contribution in [0.4, 0.5) is 13.2 Å². The summed E-state index contributed by atoms with van der Waals surface area (Å²) in [6.07, 6.45) is -3.86. The van der Waals surface area contributed by atoms with Crippen molar-refractivity contribution in [2.45, 2.75) is 18.8 Å². The van der Waals surface area contributed by atoms with E-state index >= 15 is 0 Å². The predicted octanol–water partition coefficient (Wildman–Crippen LogP) is 4.81. The molecule has 2 aromatic rings. The smallest absolute Gasteiger partial charge is 0.406 e. The highest BCUT2D eigenvalue weighted by atomic mass is 79.9. The molecule has 0 amide bonds. The lowest BCUT2D eigenvalue weighted by molar-refractivity contribution is -0.274. The van der Waals surface area contributed by atoms with Crippen LogP contribution in [0.3, 0.4) is 0 Å². The van der Waals surface area contributed by atoms with E-state index in [0.717, 1.165) is 22.2 Å². The minimum Gasteiger partial charge on any atom is -0.406 e. The summed E-state index contributed by atoms with van der Waals surface area (Å²) in [5.74, 6) is -0.213. The van der Waals surface area contributed by atoms with Gasteiger partial charge < -0.3 is 9.75 Å². The number of ether oxygens (including phenoxy) is 1. The van der Waals surface area contributed by atoms with Gasteiger partial charge in [0, 0.05) is 17.1 Å². The van der Waals surface area contributed by atoms with E-state index in [1.165, 1.54) is 28.8 Å². The first-order valence-electron chi connectivity index (χ1n) is 7.69. The number of fused-ring (bicyclic) bond motifs is 2. The second-order valence-electron chi connectivity index (χ2n) is 6.09. The summed E-state index contributed by atoms with van der Waals surface area (Å²) >= 11 is 3.50. The molecule has 1 unspecified atom stereocenters. The highest BCUT2D eigenvalue weighted by Crippen LogP contribution is 2.45. The maximum atomic E-state index is 12.3. The molecule has 0 bridgehead atoms. The average molecular weight is 411 g/mol. The van der Waals surface area contributed by atoms with Crippen LogP contribution in [0, 0.1) is 0 Å². The van der Waals surface area contributed by atoms with Gasteiger partial charge in [0.2, 0.25) is 0 Å². The van der Waals surface area contributed by atoms with Gasteiger partial charge in [-0.1, -0.05) is 34.1 Å². The van der Waals surface area contributed by atoms with Crippen molar-refractivity contribution < 1.29 is 17.9 Å². The molecule has 0 aromatic heterocycles. The molecule has 7 heteroatoms. The molecule has 2 aliphatic rings. The molecule has 1 heterocycles. The number of nitrogens with zero attached hydrogens (tertiary/aromatic N) is 1. The second kappa shape index (κ2) is 5.78. The average Bonchev–Trinajstić information content (AvgIpc) is 3.04. The zero-order chi connectivity index (χ0) is 17.8. The Morgan fingerprint density at radius 3 is 2.56 bits per heavy atom. The minimum absolute atomic E-state index is 0.0638. The van der Waals surface area contributed by atoms with Gasteiger partial charge >= 0.3 is 6.36 Å². The van der Waals surface area contributed by atoms with Gasteiger partial charge in [0.1, 0.15) is 5.75 Å². The van der Waals surface area contributed by atoms with Crippen LogP contribution in [0.2, 0.25) is 0 Å². The van der Waals surface area contributed by atoms with Crippen LogP contribution in [0.1, 0.15) is 22.7 Å². The molecule has 130 valence electrons. The molecule has 1 aliphatic heterocycles. The molecule has 0 radical (unpaired) electrons. The SMILES string of the molecule is CN1NC(c2ccc(OC(F)(F)F)cc2)C2=C1c1ccc(Br)cc1C2. The maximum Gasteiger partial charge on any atom is 0.573 e. The molecule has 2 aromatic carbocycles.